The smallest absolute Gasteiger partial charge is 0.268 e. The zero-order valence-electron chi connectivity index (χ0n) is 14.8. The minimum atomic E-state index is -3.98. The molecule has 0 aliphatic heterocycles. The van der Waals surface area contributed by atoms with E-state index in [4.69, 9.17) is 5.26 Å². The Morgan fingerprint density at radius 3 is 2.33 bits per heavy atom. The first-order valence-corrected chi connectivity index (χ1v) is 9.54. The maximum atomic E-state index is 13.4. The van der Waals surface area contributed by atoms with Crippen molar-refractivity contribution in [3.8, 4) is 6.07 Å². The van der Waals surface area contributed by atoms with Crippen LogP contribution in [0.1, 0.15) is 5.69 Å². The van der Waals surface area contributed by atoms with E-state index >= 15 is 0 Å². The SMILES string of the molecule is CN(C)/C=C(/C(=O)C#N)c1cc2ccccc2n1S(=O)(=O)c1ccccc1. The van der Waals surface area contributed by atoms with Gasteiger partial charge in [0.15, 0.2) is 0 Å². The van der Waals surface area contributed by atoms with Crippen molar-refractivity contribution < 1.29 is 13.2 Å². The lowest BCUT2D eigenvalue weighted by Gasteiger charge is -2.14. The van der Waals surface area contributed by atoms with Crippen LogP contribution >= 0.6 is 0 Å². The summed E-state index contributed by atoms with van der Waals surface area (Å²) < 4.78 is 27.8. The minimum Gasteiger partial charge on any atom is -0.383 e. The van der Waals surface area contributed by atoms with Gasteiger partial charge in [-0.3, -0.25) is 4.79 Å². The summed E-state index contributed by atoms with van der Waals surface area (Å²) in [7, 11) is -0.584. The average Bonchev–Trinajstić information content (AvgIpc) is 3.06. The number of ketones is 1. The third-order valence-corrected chi connectivity index (χ3v) is 5.70. The van der Waals surface area contributed by atoms with Crippen LogP contribution < -0.4 is 0 Å². The molecule has 0 bridgehead atoms. The molecule has 27 heavy (non-hydrogen) atoms. The van der Waals surface area contributed by atoms with Gasteiger partial charge in [-0.15, -0.1) is 0 Å². The number of hydrogen-bond acceptors (Lipinski definition) is 5. The number of carbonyl (C=O) groups excluding carboxylic acids is 1. The second-order valence-corrected chi connectivity index (χ2v) is 7.90. The molecule has 0 saturated heterocycles. The summed E-state index contributed by atoms with van der Waals surface area (Å²) in [5.41, 5.74) is 0.602. The van der Waals surface area contributed by atoms with Crippen LogP contribution in [0, 0.1) is 11.3 Å². The maximum absolute atomic E-state index is 13.4. The summed E-state index contributed by atoms with van der Waals surface area (Å²) in [5, 5.41) is 9.80. The van der Waals surface area contributed by atoms with E-state index < -0.39 is 15.8 Å². The molecular weight excluding hydrogens is 362 g/mol. The van der Waals surface area contributed by atoms with Crippen LogP contribution in [-0.4, -0.2) is 37.2 Å². The highest BCUT2D eigenvalue weighted by Crippen LogP contribution is 2.30. The Labute approximate surface area is 157 Å². The third kappa shape index (κ3) is 3.35. The summed E-state index contributed by atoms with van der Waals surface area (Å²) in [6, 6.07) is 18.1. The molecule has 0 aliphatic rings. The van der Waals surface area contributed by atoms with Crippen molar-refractivity contribution in [2.75, 3.05) is 14.1 Å². The van der Waals surface area contributed by atoms with Gasteiger partial charge in [-0.05, 0) is 24.3 Å². The van der Waals surface area contributed by atoms with Gasteiger partial charge in [0.1, 0.15) is 6.07 Å². The molecule has 0 atom stereocenters. The first-order chi connectivity index (χ1) is 12.9. The van der Waals surface area contributed by atoms with Gasteiger partial charge in [0.2, 0.25) is 0 Å². The summed E-state index contributed by atoms with van der Waals surface area (Å²) in [5.74, 6) is -0.809. The Balaban J connectivity index is 2.41. The molecular formula is C20H17N3O3S. The predicted octanol–water partition coefficient (Wildman–Crippen LogP) is 2.87. The molecule has 1 aromatic heterocycles. The fraction of sp³-hybridized carbons (Fsp3) is 0.100. The number of hydrogen-bond donors (Lipinski definition) is 0. The Morgan fingerprint density at radius 2 is 1.70 bits per heavy atom. The van der Waals surface area contributed by atoms with Crippen molar-refractivity contribution in [1.29, 1.82) is 5.26 Å². The molecule has 0 saturated carbocycles. The highest BCUT2D eigenvalue weighted by molar-refractivity contribution is 7.90. The number of rotatable bonds is 5. The molecule has 0 N–H and O–H groups in total. The van der Waals surface area contributed by atoms with Gasteiger partial charge in [-0.25, -0.2) is 12.4 Å². The van der Waals surface area contributed by atoms with E-state index in [1.807, 2.05) is 0 Å². The Morgan fingerprint density at radius 1 is 1.07 bits per heavy atom. The van der Waals surface area contributed by atoms with Gasteiger partial charge >= 0.3 is 0 Å². The molecule has 2 aromatic carbocycles. The number of allylic oxidation sites excluding steroid dienone is 1. The fourth-order valence-corrected chi connectivity index (χ4v) is 4.38. The first kappa shape index (κ1) is 18.4. The van der Waals surface area contributed by atoms with Gasteiger partial charge < -0.3 is 4.90 Å². The topological polar surface area (TPSA) is 83.2 Å². The lowest BCUT2D eigenvalue weighted by molar-refractivity contribution is -0.109. The molecule has 3 aromatic rings. The van der Waals surface area contributed by atoms with Crippen LogP contribution in [0.25, 0.3) is 16.5 Å². The molecule has 136 valence electrons. The van der Waals surface area contributed by atoms with Crippen molar-refractivity contribution in [3.05, 3.63) is 72.6 Å². The zero-order chi connectivity index (χ0) is 19.6. The molecule has 0 unspecified atom stereocenters. The highest BCUT2D eigenvalue weighted by Gasteiger charge is 2.27. The van der Waals surface area contributed by atoms with Gasteiger partial charge in [-0.2, -0.15) is 5.26 Å². The predicted molar refractivity (Wildman–Crippen MR) is 103 cm³/mol. The van der Waals surface area contributed by atoms with Gasteiger partial charge in [0.25, 0.3) is 15.8 Å². The largest absolute Gasteiger partial charge is 0.383 e. The first-order valence-electron chi connectivity index (χ1n) is 8.10. The van der Waals surface area contributed by atoms with Crippen LogP contribution in [0.15, 0.2) is 71.8 Å². The van der Waals surface area contributed by atoms with Crippen LogP contribution in [0.2, 0.25) is 0 Å². The molecule has 1 heterocycles. The van der Waals surface area contributed by atoms with Crippen LogP contribution in [0.3, 0.4) is 0 Å². The number of para-hydroxylation sites is 1. The third-order valence-electron chi connectivity index (χ3n) is 3.96. The van der Waals surface area contributed by atoms with Crippen LogP contribution in [-0.2, 0) is 14.8 Å². The quantitative estimate of drug-likeness (QED) is 0.503. The number of aromatic nitrogens is 1. The van der Waals surface area contributed by atoms with Crippen molar-refractivity contribution in [2.45, 2.75) is 4.90 Å². The van der Waals surface area contributed by atoms with E-state index in [1.54, 1.807) is 73.6 Å². The van der Waals surface area contributed by atoms with Gasteiger partial charge in [0.05, 0.1) is 21.7 Å². The van der Waals surface area contributed by atoms with Crippen LogP contribution in [0.5, 0.6) is 0 Å². The number of carbonyl (C=O) groups is 1. The number of nitrogens with zero attached hydrogens (tertiary/aromatic N) is 3. The summed E-state index contributed by atoms with van der Waals surface area (Å²) in [6.07, 6.45) is 1.46. The van der Waals surface area contributed by atoms with E-state index in [0.29, 0.717) is 10.9 Å². The van der Waals surface area contributed by atoms with Crippen molar-refractivity contribution >= 4 is 32.3 Å². The van der Waals surface area contributed by atoms with E-state index in [-0.39, 0.29) is 16.2 Å². The van der Waals surface area contributed by atoms with Crippen LogP contribution in [0.4, 0.5) is 0 Å². The minimum absolute atomic E-state index is 0.0122. The highest BCUT2D eigenvalue weighted by atomic mass is 32.2. The molecule has 0 spiro atoms. The molecule has 0 amide bonds. The fourth-order valence-electron chi connectivity index (χ4n) is 2.83. The number of benzene rings is 2. The number of nitriles is 1. The molecule has 3 rings (SSSR count). The molecule has 6 nitrogen and oxygen atoms in total. The van der Waals surface area contributed by atoms with E-state index in [9.17, 15) is 13.2 Å². The number of fused-ring (bicyclic) bond motifs is 1. The molecule has 0 radical (unpaired) electrons. The number of Topliss-reactive ketones (excluding diaryl/α,β-unsaturated/α-hetero) is 1. The molecule has 0 aliphatic carbocycles. The average molecular weight is 379 g/mol. The second-order valence-electron chi connectivity index (χ2n) is 6.12. The Kier molecular flexibility index (Phi) is 4.84. The molecule has 7 heteroatoms. The lowest BCUT2D eigenvalue weighted by atomic mass is 10.1. The van der Waals surface area contributed by atoms with E-state index in [1.165, 1.54) is 18.3 Å². The zero-order valence-corrected chi connectivity index (χ0v) is 15.6. The molecule has 0 fully saturated rings. The lowest BCUT2D eigenvalue weighted by Crippen LogP contribution is -2.18. The van der Waals surface area contributed by atoms with Gasteiger partial charge in [-0.1, -0.05) is 36.4 Å². The second kappa shape index (κ2) is 7.09. The van der Waals surface area contributed by atoms with Crippen molar-refractivity contribution in [1.82, 2.24) is 8.87 Å². The van der Waals surface area contributed by atoms with Gasteiger partial charge in [0, 0.05) is 25.7 Å². The van der Waals surface area contributed by atoms with Crippen molar-refractivity contribution in [2.24, 2.45) is 0 Å². The Bertz CT molecular complexity index is 1180. The maximum Gasteiger partial charge on any atom is 0.268 e. The standard InChI is InChI=1S/C20H17N3O3S/c1-22(2)14-17(20(24)13-21)19-12-15-8-6-7-11-18(15)23(19)27(25,26)16-9-4-3-5-10-16/h3-12,14H,1-2H3/b17-14+. The normalized spacial score (nSPS) is 12.0. The van der Waals surface area contributed by atoms with E-state index in [0.717, 1.165) is 3.97 Å². The van der Waals surface area contributed by atoms with E-state index in [2.05, 4.69) is 0 Å². The summed E-state index contributed by atoms with van der Waals surface area (Å²) in [4.78, 5) is 14.0. The Hall–Kier alpha value is -3.37. The monoisotopic (exact) mass is 379 g/mol. The summed E-state index contributed by atoms with van der Waals surface area (Å²) in [6.45, 7) is 0. The van der Waals surface area contributed by atoms with Crippen molar-refractivity contribution in [3.63, 3.8) is 0 Å². The summed E-state index contributed by atoms with van der Waals surface area (Å²) >= 11 is 0.